The number of pyridine rings is 1. The molecule has 0 radical (unpaired) electrons. The number of piperazine rings is 1. The van der Waals surface area contributed by atoms with Gasteiger partial charge in [-0.3, -0.25) is 5.32 Å². The number of aromatic nitrogens is 2. The molecule has 0 spiro atoms. The lowest BCUT2D eigenvalue weighted by molar-refractivity contribution is 0.208. The number of halogens is 2. The first-order valence-corrected chi connectivity index (χ1v) is 10.4. The molecule has 4 rings (SSSR count). The molecule has 7 nitrogen and oxygen atoms in total. The second kappa shape index (κ2) is 8.49. The fourth-order valence-electron chi connectivity index (χ4n) is 3.30. The van der Waals surface area contributed by atoms with Crippen molar-refractivity contribution in [1.82, 2.24) is 14.9 Å². The van der Waals surface area contributed by atoms with Gasteiger partial charge in [0, 0.05) is 51.0 Å². The molecule has 2 aromatic heterocycles. The molecule has 1 aliphatic heterocycles. The SMILES string of the molecule is C[C@@H](CO)c1cnc(N2CCN(C(=O)Nc3nc4cc(F)ccc4s3)CC2)c(F)c1. The highest BCUT2D eigenvalue weighted by molar-refractivity contribution is 7.22. The molecule has 2 N–H and O–H groups in total. The Morgan fingerprint density at radius 2 is 2.03 bits per heavy atom. The molecule has 158 valence electrons. The number of rotatable bonds is 4. The summed E-state index contributed by atoms with van der Waals surface area (Å²) in [5.74, 6) is -0.744. The zero-order valence-electron chi connectivity index (χ0n) is 16.3. The number of aliphatic hydroxyl groups is 1. The first-order chi connectivity index (χ1) is 14.4. The number of carbonyl (C=O) groups is 1. The van der Waals surface area contributed by atoms with Crippen molar-refractivity contribution in [2.75, 3.05) is 43.0 Å². The summed E-state index contributed by atoms with van der Waals surface area (Å²) in [6, 6.07) is 5.42. The van der Waals surface area contributed by atoms with Crippen LogP contribution in [0.5, 0.6) is 0 Å². The first kappa shape index (κ1) is 20.4. The average Bonchev–Trinajstić information content (AvgIpc) is 3.14. The lowest BCUT2D eigenvalue weighted by atomic mass is 10.0. The van der Waals surface area contributed by atoms with Gasteiger partial charge in [-0.05, 0) is 23.8 Å². The molecule has 0 saturated carbocycles. The lowest BCUT2D eigenvalue weighted by Crippen LogP contribution is -2.50. The van der Waals surface area contributed by atoms with Gasteiger partial charge in [0.2, 0.25) is 0 Å². The summed E-state index contributed by atoms with van der Waals surface area (Å²) in [5.41, 5.74) is 1.15. The number of nitrogens with zero attached hydrogens (tertiary/aromatic N) is 4. The maximum Gasteiger partial charge on any atom is 0.323 e. The smallest absolute Gasteiger partial charge is 0.323 e. The maximum atomic E-state index is 14.5. The molecule has 30 heavy (non-hydrogen) atoms. The number of fused-ring (bicyclic) bond motifs is 1. The number of hydrogen-bond acceptors (Lipinski definition) is 6. The van der Waals surface area contributed by atoms with Gasteiger partial charge in [0.1, 0.15) is 5.82 Å². The molecule has 1 fully saturated rings. The van der Waals surface area contributed by atoms with Crippen LogP contribution in [-0.4, -0.2) is 58.8 Å². The van der Waals surface area contributed by atoms with Crippen LogP contribution in [0.2, 0.25) is 0 Å². The third kappa shape index (κ3) is 4.19. The Balaban J connectivity index is 1.37. The number of nitrogens with one attached hydrogen (secondary N) is 1. The van der Waals surface area contributed by atoms with E-state index in [1.807, 2.05) is 0 Å². The summed E-state index contributed by atoms with van der Waals surface area (Å²) in [6.45, 7) is 3.42. The number of carbonyl (C=O) groups excluding carboxylic acids is 1. The quantitative estimate of drug-likeness (QED) is 0.659. The second-order valence-electron chi connectivity index (χ2n) is 7.19. The maximum absolute atomic E-state index is 14.5. The van der Waals surface area contributed by atoms with Crippen LogP contribution in [-0.2, 0) is 0 Å². The molecule has 2 amide bonds. The van der Waals surface area contributed by atoms with Crippen LogP contribution in [0.4, 0.5) is 24.5 Å². The van der Waals surface area contributed by atoms with E-state index in [-0.39, 0.29) is 30.2 Å². The lowest BCUT2D eigenvalue weighted by Gasteiger charge is -2.35. The van der Waals surface area contributed by atoms with Crippen molar-refractivity contribution in [1.29, 1.82) is 0 Å². The number of anilines is 2. The monoisotopic (exact) mass is 433 g/mol. The van der Waals surface area contributed by atoms with Gasteiger partial charge in [0.25, 0.3) is 0 Å². The number of aliphatic hydroxyl groups excluding tert-OH is 1. The van der Waals surface area contributed by atoms with Gasteiger partial charge < -0.3 is 14.9 Å². The van der Waals surface area contributed by atoms with E-state index >= 15 is 0 Å². The molecule has 3 aromatic rings. The minimum Gasteiger partial charge on any atom is -0.396 e. The minimum absolute atomic E-state index is 0.0716. The van der Waals surface area contributed by atoms with E-state index in [1.54, 1.807) is 29.0 Å². The first-order valence-electron chi connectivity index (χ1n) is 9.58. The summed E-state index contributed by atoms with van der Waals surface area (Å²) in [7, 11) is 0. The van der Waals surface area contributed by atoms with Crippen molar-refractivity contribution in [2.24, 2.45) is 0 Å². The number of amides is 2. The average molecular weight is 433 g/mol. The molecular weight excluding hydrogens is 412 g/mol. The number of hydrogen-bond donors (Lipinski definition) is 2. The predicted octanol–water partition coefficient (Wildman–Crippen LogP) is 3.42. The Hall–Kier alpha value is -2.85. The van der Waals surface area contributed by atoms with E-state index in [9.17, 15) is 18.7 Å². The van der Waals surface area contributed by atoms with Crippen LogP contribution >= 0.6 is 11.3 Å². The molecule has 0 aliphatic carbocycles. The fourth-order valence-corrected chi connectivity index (χ4v) is 4.13. The molecule has 1 aliphatic rings. The molecular formula is C20H21F2N5O2S. The topological polar surface area (TPSA) is 81.6 Å². The number of benzene rings is 1. The van der Waals surface area contributed by atoms with Crippen LogP contribution in [0.1, 0.15) is 18.4 Å². The van der Waals surface area contributed by atoms with Crippen LogP contribution in [0, 0.1) is 11.6 Å². The largest absolute Gasteiger partial charge is 0.396 e. The van der Waals surface area contributed by atoms with E-state index in [1.165, 1.54) is 29.5 Å². The Morgan fingerprint density at radius 3 is 2.73 bits per heavy atom. The van der Waals surface area contributed by atoms with Crippen LogP contribution in [0.15, 0.2) is 30.5 Å². The van der Waals surface area contributed by atoms with Crippen molar-refractivity contribution < 1.29 is 18.7 Å². The van der Waals surface area contributed by atoms with Crippen molar-refractivity contribution in [2.45, 2.75) is 12.8 Å². The van der Waals surface area contributed by atoms with Gasteiger partial charge >= 0.3 is 6.03 Å². The van der Waals surface area contributed by atoms with Gasteiger partial charge in [-0.1, -0.05) is 18.3 Å². The third-order valence-corrected chi connectivity index (χ3v) is 6.07. The number of thiazole rings is 1. The Kier molecular flexibility index (Phi) is 5.78. The van der Waals surface area contributed by atoms with Crippen LogP contribution < -0.4 is 10.2 Å². The standard InChI is InChI=1S/C20H21F2N5O2S/c1-12(11-28)13-8-15(22)18(23-10-13)26-4-6-27(7-5-26)20(29)25-19-24-16-9-14(21)2-3-17(16)30-19/h2-3,8-10,12,28H,4-7,11H2,1H3,(H,24,25,29)/t12-/m0/s1. The van der Waals surface area contributed by atoms with Gasteiger partial charge in [0.15, 0.2) is 16.8 Å². The van der Waals surface area contributed by atoms with Crippen molar-refractivity contribution in [3.63, 3.8) is 0 Å². The van der Waals surface area contributed by atoms with Gasteiger partial charge in [-0.2, -0.15) is 0 Å². The summed E-state index contributed by atoms with van der Waals surface area (Å²) in [6.07, 6.45) is 1.58. The van der Waals surface area contributed by atoms with Crippen LogP contribution in [0.25, 0.3) is 10.2 Å². The molecule has 1 aromatic carbocycles. The summed E-state index contributed by atoms with van der Waals surface area (Å²) >= 11 is 1.28. The molecule has 3 heterocycles. The zero-order chi connectivity index (χ0) is 21.3. The molecule has 1 saturated heterocycles. The van der Waals surface area contributed by atoms with Crippen molar-refractivity contribution in [3.05, 3.63) is 47.7 Å². The van der Waals surface area contributed by atoms with E-state index in [4.69, 9.17) is 0 Å². The minimum atomic E-state index is -0.438. The third-order valence-electron chi connectivity index (χ3n) is 5.12. The fraction of sp³-hybridized carbons (Fsp3) is 0.350. The van der Waals surface area contributed by atoms with E-state index in [0.717, 1.165) is 4.70 Å². The van der Waals surface area contributed by atoms with Crippen LogP contribution in [0.3, 0.4) is 0 Å². The molecule has 0 bridgehead atoms. The molecule has 10 heteroatoms. The second-order valence-corrected chi connectivity index (χ2v) is 8.22. The molecule has 1 atom stereocenters. The zero-order valence-corrected chi connectivity index (χ0v) is 17.1. The highest BCUT2D eigenvalue weighted by Gasteiger charge is 2.24. The summed E-state index contributed by atoms with van der Waals surface area (Å²) < 4.78 is 28.6. The van der Waals surface area contributed by atoms with E-state index in [2.05, 4.69) is 15.3 Å². The van der Waals surface area contributed by atoms with Gasteiger partial charge in [0.05, 0.1) is 10.2 Å². The van der Waals surface area contributed by atoms with E-state index in [0.29, 0.717) is 42.4 Å². The van der Waals surface area contributed by atoms with Gasteiger partial charge in [-0.15, -0.1) is 0 Å². The summed E-state index contributed by atoms with van der Waals surface area (Å²) in [5, 5.41) is 12.4. The van der Waals surface area contributed by atoms with Crippen molar-refractivity contribution in [3.8, 4) is 0 Å². The predicted molar refractivity (Wildman–Crippen MR) is 112 cm³/mol. The summed E-state index contributed by atoms with van der Waals surface area (Å²) in [4.78, 5) is 24.4. The highest BCUT2D eigenvalue weighted by Crippen LogP contribution is 2.27. The normalized spacial score (nSPS) is 15.5. The molecule has 0 unspecified atom stereocenters. The van der Waals surface area contributed by atoms with Gasteiger partial charge in [-0.25, -0.2) is 23.5 Å². The van der Waals surface area contributed by atoms with E-state index < -0.39 is 5.82 Å². The Bertz CT molecular complexity index is 1070. The highest BCUT2D eigenvalue weighted by atomic mass is 32.1. The Morgan fingerprint density at radius 1 is 1.27 bits per heavy atom. The number of urea groups is 1. The van der Waals surface area contributed by atoms with Crippen molar-refractivity contribution >= 4 is 38.5 Å². The Labute approximate surface area is 176 Å².